The van der Waals surface area contributed by atoms with Crippen molar-refractivity contribution in [3.05, 3.63) is 59.3 Å². The summed E-state index contributed by atoms with van der Waals surface area (Å²) in [5.74, 6) is 1.45. The monoisotopic (exact) mass is 477 g/mol. The van der Waals surface area contributed by atoms with Gasteiger partial charge in [-0.15, -0.1) is 0 Å². The summed E-state index contributed by atoms with van der Waals surface area (Å²) in [7, 11) is 0. The maximum absolute atomic E-state index is 13.4. The molecule has 0 saturated carbocycles. The number of nitrogens with zero attached hydrogens (tertiary/aromatic N) is 3. The summed E-state index contributed by atoms with van der Waals surface area (Å²) in [5.41, 5.74) is 2.95. The molecule has 2 aromatic rings. The average Bonchev–Trinajstić information content (AvgIpc) is 3.42. The lowest BCUT2D eigenvalue weighted by Gasteiger charge is -2.33. The number of fused-ring (bicyclic) bond motifs is 1. The van der Waals surface area contributed by atoms with Crippen LogP contribution in [0.4, 0.5) is 5.69 Å². The number of amides is 2. The van der Waals surface area contributed by atoms with Crippen LogP contribution in [0.1, 0.15) is 37.3 Å². The predicted molar refractivity (Wildman–Crippen MR) is 134 cm³/mol. The van der Waals surface area contributed by atoms with E-state index in [4.69, 9.17) is 9.47 Å². The van der Waals surface area contributed by atoms with E-state index >= 15 is 0 Å². The largest absolute Gasteiger partial charge is 0.454 e. The number of likely N-dealkylation sites (tertiary alicyclic amines) is 1. The van der Waals surface area contributed by atoms with Gasteiger partial charge in [0.05, 0.1) is 11.4 Å². The molecule has 0 bridgehead atoms. The molecular weight excluding hydrogens is 450 g/mol. The standard InChI is InChI=1S/C26H27N3O4S/c1-17-6-9-20(10-7-17)29-25(31)21(13-19-8-11-22-23(14-19)33-16-32-22)27-26(29)34-15-24(30)28-12-4-3-5-18(28)2/h6-11,13-14,18H,3-5,12,15-16H2,1-2H3/b21-13+/t18-/m0/s1. The first-order valence-corrected chi connectivity index (χ1v) is 12.5. The van der Waals surface area contributed by atoms with Crippen LogP contribution in [0.5, 0.6) is 11.5 Å². The molecule has 7 nitrogen and oxygen atoms in total. The SMILES string of the molecule is Cc1ccc(N2C(=O)/C(=C\c3ccc4c(c3)OCO4)N=C2SCC(=O)N2CCCC[C@@H]2C)cc1. The molecule has 3 aliphatic heterocycles. The van der Waals surface area contributed by atoms with Crippen molar-refractivity contribution in [2.45, 2.75) is 39.2 Å². The summed E-state index contributed by atoms with van der Waals surface area (Å²) >= 11 is 1.31. The third kappa shape index (κ3) is 4.55. The van der Waals surface area contributed by atoms with E-state index in [0.29, 0.717) is 22.4 Å². The number of aliphatic imine (C=N–C) groups is 1. The number of benzene rings is 2. The summed E-state index contributed by atoms with van der Waals surface area (Å²) in [6.07, 6.45) is 4.98. The van der Waals surface area contributed by atoms with E-state index < -0.39 is 0 Å². The molecule has 8 heteroatoms. The zero-order valence-electron chi connectivity index (χ0n) is 19.3. The molecule has 1 fully saturated rings. The van der Waals surface area contributed by atoms with Gasteiger partial charge >= 0.3 is 0 Å². The van der Waals surface area contributed by atoms with Crippen LogP contribution in [0.3, 0.4) is 0 Å². The molecule has 0 aliphatic carbocycles. The van der Waals surface area contributed by atoms with Gasteiger partial charge in [0.2, 0.25) is 12.7 Å². The van der Waals surface area contributed by atoms with E-state index in [1.807, 2.05) is 54.3 Å². The summed E-state index contributed by atoms with van der Waals surface area (Å²) in [6.45, 7) is 5.09. The molecule has 1 atom stereocenters. The fraction of sp³-hybridized carbons (Fsp3) is 0.346. The quantitative estimate of drug-likeness (QED) is 0.602. The van der Waals surface area contributed by atoms with E-state index in [2.05, 4.69) is 11.9 Å². The summed E-state index contributed by atoms with van der Waals surface area (Å²) in [5, 5.41) is 0.513. The second-order valence-electron chi connectivity index (χ2n) is 8.73. The van der Waals surface area contributed by atoms with Gasteiger partial charge in [-0.2, -0.15) is 0 Å². The molecule has 1 saturated heterocycles. The zero-order valence-corrected chi connectivity index (χ0v) is 20.1. The first-order chi connectivity index (χ1) is 16.5. The minimum absolute atomic E-state index is 0.0874. The zero-order chi connectivity index (χ0) is 23.7. The molecule has 176 valence electrons. The van der Waals surface area contributed by atoms with Crippen LogP contribution in [0.25, 0.3) is 6.08 Å². The van der Waals surface area contributed by atoms with Crippen molar-refractivity contribution in [1.82, 2.24) is 4.90 Å². The molecule has 0 spiro atoms. The number of aryl methyl sites for hydroxylation is 1. The highest BCUT2D eigenvalue weighted by atomic mass is 32.2. The van der Waals surface area contributed by atoms with Crippen LogP contribution in [-0.2, 0) is 9.59 Å². The number of amidine groups is 1. The maximum Gasteiger partial charge on any atom is 0.283 e. The van der Waals surface area contributed by atoms with Gasteiger partial charge in [0, 0.05) is 12.6 Å². The van der Waals surface area contributed by atoms with Crippen LogP contribution in [0.15, 0.2) is 53.2 Å². The van der Waals surface area contributed by atoms with Gasteiger partial charge in [0.15, 0.2) is 16.7 Å². The molecular formula is C26H27N3O4S. The highest BCUT2D eigenvalue weighted by Gasteiger charge is 2.33. The number of carbonyl (C=O) groups excluding carboxylic acids is 2. The number of ether oxygens (including phenoxy) is 2. The predicted octanol–water partition coefficient (Wildman–Crippen LogP) is 4.60. The Balaban J connectivity index is 1.41. The average molecular weight is 478 g/mol. The number of hydrogen-bond acceptors (Lipinski definition) is 6. The maximum atomic E-state index is 13.4. The fourth-order valence-corrected chi connectivity index (χ4v) is 5.25. The van der Waals surface area contributed by atoms with Gasteiger partial charge in [-0.05, 0) is 69.0 Å². The first-order valence-electron chi connectivity index (χ1n) is 11.5. The molecule has 5 rings (SSSR count). The van der Waals surface area contributed by atoms with Gasteiger partial charge in [-0.25, -0.2) is 4.99 Å². The van der Waals surface area contributed by atoms with Crippen LogP contribution in [-0.4, -0.2) is 47.0 Å². The number of carbonyl (C=O) groups is 2. The Morgan fingerprint density at radius 3 is 2.74 bits per heavy atom. The lowest BCUT2D eigenvalue weighted by molar-refractivity contribution is -0.131. The Kier molecular flexibility index (Phi) is 6.32. The van der Waals surface area contributed by atoms with Crippen molar-refractivity contribution in [1.29, 1.82) is 0 Å². The highest BCUT2D eigenvalue weighted by Crippen LogP contribution is 2.35. The number of piperidine rings is 1. The second-order valence-corrected chi connectivity index (χ2v) is 9.68. The summed E-state index contributed by atoms with van der Waals surface area (Å²) < 4.78 is 10.8. The van der Waals surface area contributed by atoms with E-state index in [1.54, 1.807) is 11.0 Å². The lowest BCUT2D eigenvalue weighted by Crippen LogP contribution is -2.43. The molecule has 0 N–H and O–H groups in total. The van der Waals surface area contributed by atoms with Gasteiger partial charge in [0.25, 0.3) is 5.91 Å². The molecule has 0 radical (unpaired) electrons. The molecule has 3 heterocycles. The van der Waals surface area contributed by atoms with Crippen molar-refractivity contribution in [2.75, 3.05) is 24.0 Å². The minimum Gasteiger partial charge on any atom is -0.454 e. The molecule has 3 aliphatic rings. The Morgan fingerprint density at radius 2 is 1.94 bits per heavy atom. The van der Waals surface area contributed by atoms with Crippen molar-refractivity contribution in [3.8, 4) is 11.5 Å². The number of hydrogen-bond donors (Lipinski definition) is 0. The van der Waals surface area contributed by atoms with E-state index in [0.717, 1.165) is 42.6 Å². The lowest BCUT2D eigenvalue weighted by atomic mass is 10.0. The Bertz CT molecular complexity index is 1180. The minimum atomic E-state index is -0.220. The van der Waals surface area contributed by atoms with Crippen molar-refractivity contribution >= 4 is 40.5 Å². The second kappa shape index (κ2) is 9.54. The third-order valence-corrected chi connectivity index (χ3v) is 7.19. The van der Waals surface area contributed by atoms with E-state index in [9.17, 15) is 9.59 Å². The fourth-order valence-electron chi connectivity index (χ4n) is 4.35. The summed E-state index contributed by atoms with van der Waals surface area (Å²) in [4.78, 5) is 34.5. The van der Waals surface area contributed by atoms with Gasteiger partial charge in [0.1, 0.15) is 5.70 Å². The van der Waals surface area contributed by atoms with E-state index in [1.165, 1.54) is 11.8 Å². The number of thioether (sulfide) groups is 1. The van der Waals surface area contributed by atoms with Crippen molar-refractivity contribution in [2.24, 2.45) is 4.99 Å². The summed E-state index contributed by atoms with van der Waals surface area (Å²) in [6, 6.07) is 13.5. The molecule has 0 unspecified atom stereocenters. The molecule has 0 aromatic heterocycles. The van der Waals surface area contributed by atoms with E-state index in [-0.39, 0.29) is 30.4 Å². The van der Waals surface area contributed by atoms with Crippen LogP contribution < -0.4 is 14.4 Å². The first kappa shape index (κ1) is 22.5. The van der Waals surface area contributed by atoms with Crippen LogP contribution in [0, 0.1) is 6.92 Å². The molecule has 2 aromatic carbocycles. The highest BCUT2D eigenvalue weighted by molar-refractivity contribution is 8.14. The Hall–Kier alpha value is -3.26. The smallest absolute Gasteiger partial charge is 0.283 e. The molecule has 2 amide bonds. The van der Waals surface area contributed by atoms with Gasteiger partial charge in [-0.3, -0.25) is 14.5 Å². The van der Waals surface area contributed by atoms with Crippen molar-refractivity contribution < 1.29 is 19.1 Å². The van der Waals surface area contributed by atoms with Crippen LogP contribution >= 0.6 is 11.8 Å². The number of anilines is 1. The number of rotatable bonds is 4. The van der Waals surface area contributed by atoms with Gasteiger partial charge in [-0.1, -0.05) is 35.5 Å². The van der Waals surface area contributed by atoms with Gasteiger partial charge < -0.3 is 14.4 Å². The molecule has 34 heavy (non-hydrogen) atoms. The van der Waals surface area contributed by atoms with Crippen molar-refractivity contribution in [3.63, 3.8) is 0 Å². The van der Waals surface area contributed by atoms with Crippen LogP contribution in [0.2, 0.25) is 0 Å². The third-order valence-electron chi connectivity index (χ3n) is 6.27. The normalized spacial score (nSPS) is 20.8. The topological polar surface area (TPSA) is 71.4 Å². The Labute approximate surface area is 203 Å². The Morgan fingerprint density at radius 1 is 1.15 bits per heavy atom.